The van der Waals surface area contributed by atoms with E-state index in [4.69, 9.17) is 0 Å². The van der Waals surface area contributed by atoms with Gasteiger partial charge in [0.25, 0.3) is 0 Å². The van der Waals surface area contributed by atoms with E-state index in [0.29, 0.717) is 0 Å². The third-order valence-electron chi connectivity index (χ3n) is 3.92. The van der Waals surface area contributed by atoms with Crippen LogP contribution < -0.4 is 29.6 Å². The first-order valence-electron chi connectivity index (χ1n) is 7.65. The van der Waals surface area contributed by atoms with Gasteiger partial charge in [-0.1, -0.05) is 60.7 Å². The Kier molecular flexibility index (Phi) is 9.60. The minimum atomic E-state index is -0.813. The van der Waals surface area contributed by atoms with Crippen molar-refractivity contribution in [1.82, 2.24) is 3.88 Å². The summed E-state index contributed by atoms with van der Waals surface area (Å²) in [7, 11) is 0. The summed E-state index contributed by atoms with van der Waals surface area (Å²) < 4.78 is 2.74. The van der Waals surface area contributed by atoms with E-state index in [2.05, 4.69) is 78.4 Å². The van der Waals surface area contributed by atoms with Crippen molar-refractivity contribution in [2.24, 2.45) is 0 Å². The summed E-state index contributed by atoms with van der Waals surface area (Å²) in [5.41, 5.74) is 2.87. The summed E-state index contributed by atoms with van der Waals surface area (Å²) in [4.78, 5) is 0. The second-order valence-corrected chi connectivity index (χ2v) is 9.02. The van der Waals surface area contributed by atoms with Crippen molar-refractivity contribution in [1.29, 1.82) is 0 Å². The van der Waals surface area contributed by atoms with Gasteiger partial charge in [-0.3, -0.25) is 0 Å². The predicted molar refractivity (Wildman–Crippen MR) is 88.8 cm³/mol. The van der Waals surface area contributed by atoms with E-state index < -0.39 is 14.4 Å². The standard InChI is InChI=1S/C14H14N.2C2H5.Al.Na/c1-3-7-13(8-4-1)11-15-12-14-9-5-2-6-10-14;2*1-2;;/h1-10H,11-12H2;2*1H2,2H3;;/q-1;;;;+1. The third kappa shape index (κ3) is 6.29. The normalized spacial score (nSPS) is 10.7. The van der Waals surface area contributed by atoms with E-state index >= 15 is 0 Å². The molecule has 0 atom stereocenters. The Balaban J connectivity index is 0.00000220. The maximum Gasteiger partial charge on any atom is 1.00 e. The molecule has 0 saturated heterocycles. The summed E-state index contributed by atoms with van der Waals surface area (Å²) in [6, 6.07) is 21.7. The molecule has 3 heteroatoms. The molecule has 2 aromatic carbocycles. The zero-order chi connectivity index (χ0) is 14.2. The summed E-state index contributed by atoms with van der Waals surface area (Å²) in [6.07, 6.45) is 0. The van der Waals surface area contributed by atoms with Crippen LogP contribution in [-0.4, -0.2) is 18.3 Å². The van der Waals surface area contributed by atoms with Gasteiger partial charge in [-0.05, 0) is 24.2 Å². The molecule has 0 aliphatic heterocycles. The number of hydrogen-bond acceptors (Lipinski definition) is 1. The predicted octanol–water partition coefficient (Wildman–Crippen LogP) is 1.72. The Bertz CT molecular complexity index is 444. The molecule has 0 fully saturated rings. The van der Waals surface area contributed by atoms with E-state index in [0.717, 1.165) is 13.1 Å². The average Bonchev–Trinajstić information content (AvgIpc) is 2.50. The van der Waals surface area contributed by atoms with Crippen LogP contribution in [0.2, 0.25) is 10.6 Å². The summed E-state index contributed by atoms with van der Waals surface area (Å²) in [5, 5.41) is 2.69. The van der Waals surface area contributed by atoms with Gasteiger partial charge in [-0.2, -0.15) is 0 Å². The van der Waals surface area contributed by atoms with Gasteiger partial charge in [0.05, 0.1) is 14.4 Å². The summed E-state index contributed by atoms with van der Waals surface area (Å²) >= 11 is -0.813. The van der Waals surface area contributed by atoms with Crippen molar-refractivity contribution in [3.63, 3.8) is 0 Å². The molecule has 0 aliphatic carbocycles. The Morgan fingerprint density at radius 1 is 0.714 bits per heavy atom. The second-order valence-electron chi connectivity index (χ2n) is 5.35. The zero-order valence-electron chi connectivity index (χ0n) is 13.6. The van der Waals surface area contributed by atoms with Crippen LogP contribution in [0.25, 0.3) is 0 Å². The van der Waals surface area contributed by atoms with Crippen molar-refractivity contribution in [3.05, 3.63) is 71.8 Å². The van der Waals surface area contributed by atoms with Crippen LogP contribution in [0, 0.1) is 0 Å². The molecule has 0 N–H and O–H groups in total. The minimum Gasteiger partial charge on any atom is -0.532 e. The topological polar surface area (TPSA) is 3.24 Å². The molecule has 0 aromatic heterocycles. The molecule has 21 heavy (non-hydrogen) atoms. The number of nitrogens with zero attached hydrogens (tertiary/aromatic N) is 1. The van der Waals surface area contributed by atoms with E-state index in [1.165, 1.54) is 21.7 Å². The largest absolute Gasteiger partial charge is 1.00 e. The monoisotopic (exact) mass is 304 g/mol. The Morgan fingerprint density at radius 2 is 1.10 bits per heavy atom. The first kappa shape index (κ1) is 19.0. The Morgan fingerprint density at radius 3 is 1.43 bits per heavy atom. The van der Waals surface area contributed by atoms with Gasteiger partial charge in [0.15, 0.2) is 0 Å². The number of benzene rings is 2. The second kappa shape index (κ2) is 10.6. The van der Waals surface area contributed by atoms with Crippen LogP contribution in [-0.2, 0) is 13.1 Å². The molecule has 0 saturated carbocycles. The molecule has 0 amide bonds. The summed E-state index contributed by atoms with van der Waals surface area (Å²) in [5.74, 6) is 0. The van der Waals surface area contributed by atoms with Crippen molar-refractivity contribution in [2.45, 2.75) is 37.5 Å². The van der Waals surface area contributed by atoms with Crippen LogP contribution in [0.1, 0.15) is 25.0 Å². The van der Waals surface area contributed by atoms with Gasteiger partial charge in [-0.25, -0.2) is 10.6 Å². The molecule has 0 spiro atoms. The van der Waals surface area contributed by atoms with Gasteiger partial charge in [0, 0.05) is 0 Å². The van der Waals surface area contributed by atoms with E-state index in [-0.39, 0.29) is 29.6 Å². The molecule has 0 heterocycles. The van der Waals surface area contributed by atoms with Gasteiger partial charge in [0.2, 0.25) is 0 Å². The SMILES string of the molecule is C[CH2][Al-]([CH2]C)[N](Cc1ccccc1)Cc1ccccc1.[Na+]. The van der Waals surface area contributed by atoms with Crippen molar-refractivity contribution in [3.8, 4) is 0 Å². The van der Waals surface area contributed by atoms with Crippen molar-refractivity contribution in [2.75, 3.05) is 0 Å². The van der Waals surface area contributed by atoms with Crippen LogP contribution >= 0.6 is 0 Å². The van der Waals surface area contributed by atoms with Crippen LogP contribution in [0.15, 0.2) is 60.7 Å². The van der Waals surface area contributed by atoms with Gasteiger partial charge in [0.1, 0.15) is 0 Å². The fourth-order valence-electron chi connectivity index (χ4n) is 2.76. The molecule has 2 aromatic rings. The van der Waals surface area contributed by atoms with Crippen LogP contribution in [0.3, 0.4) is 0 Å². The maximum atomic E-state index is 2.74. The number of rotatable bonds is 7. The van der Waals surface area contributed by atoms with Gasteiger partial charge in [-0.15, -0.1) is 13.8 Å². The maximum absolute atomic E-state index is 2.74. The third-order valence-corrected chi connectivity index (χ3v) is 7.20. The minimum absolute atomic E-state index is 0. The van der Waals surface area contributed by atoms with Crippen molar-refractivity contribution >= 4 is 14.4 Å². The average molecular weight is 304 g/mol. The molecule has 2 rings (SSSR count). The molecule has 1 nitrogen and oxygen atoms in total. The quantitative estimate of drug-likeness (QED) is 0.704. The first-order chi connectivity index (χ1) is 9.83. The van der Waals surface area contributed by atoms with E-state index in [1.54, 1.807) is 0 Å². The summed E-state index contributed by atoms with van der Waals surface area (Å²) in [6.45, 7) is 6.88. The Hall–Kier alpha value is -0.0675. The molecule has 1 radical (unpaired) electrons. The fourth-order valence-corrected chi connectivity index (χ4v) is 5.30. The molecular weight excluding hydrogens is 280 g/mol. The van der Waals surface area contributed by atoms with E-state index in [9.17, 15) is 0 Å². The Labute approximate surface area is 156 Å². The zero-order valence-corrected chi connectivity index (χ0v) is 16.8. The van der Waals surface area contributed by atoms with Gasteiger partial charge >= 0.3 is 29.6 Å². The molecule has 0 aliphatic rings. The number of hydrogen-bond donors (Lipinski definition) is 0. The fraction of sp³-hybridized carbons (Fsp3) is 0.333. The molecule has 105 valence electrons. The molecule has 0 unspecified atom stereocenters. The molecule has 0 bridgehead atoms. The first-order valence-corrected chi connectivity index (χ1v) is 9.80. The molecular formula is C18H24AlNNa. The van der Waals surface area contributed by atoms with Crippen LogP contribution in [0.5, 0.6) is 0 Å². The van der Waals surface area contributed by atoms with Gasteiger partial charge < -0.3 is 3.88 Å². The van der Waals surface area contributed by atoms with E-state index in [1.807, 2.05) is 0 Å². The smallest absolute Gasteiger partial charge is 0.532 e. The van der Waals surface area contributed by atoms with Crippen LogP contribution in [0.4, 0.5) is 0 Å². The van der Waals surface area contributed by atoms with Crippen molar-refractivity contribution < 1.29 is 29.6 Å².